The van der Waals surface area contributed by atoms with Crippen LogP contribution in [0.3, 0.4) is 0 Å². The first kappa shape index (κ1) is 25.4. The molecule has 3 aromatic heterocycles. The minimum absolute atomic E-state index is 0.0596. The van der Waals surface area contributed by atoms with Crippen LogP contribution in [0, 0.1) is 13.8 Å². The minimum atomic E-state index is -0.741. The topological polar surface area (TPSA) is 101 Å². The SMILES string of the molecule is C=Cc1c(C)c2cc3nc(c(C(=O)OC=O)c4nc(cc5[nH]c(cc1[nH]2)c(C)c5CC)C(C)=C4C)CC3C. The maximum absolute atomic E-state index is 13.1. The van der Waals surface area contributed by atoms with E-state index in [0.717, 1.165) is 62.1 Å². The largest absolute Gasteiger partial charge is 0.392 e. The molecule has 0 saturated carbocycles. The van der Waals surface area contributed by atoms with Crippen molar-refractivity contribution in [2.24, 2.45) is 0 Å². The first-order valence-electron chi connectivity index (χ1n) is 12.9. The predicted octanol–water partition coefficient (Wildman–Crippen LogP) is 6.75. The molecule has 2 aliphatic rings. The molecule has 38 heavy (non-hydrogen) atoms. The first-order chi connectivity index (χ1) is 18.2. The minimum Gasteiger partial charge on any atom is -0.392 e. The molecule has 0 radical (unpaired) electrons. The van der Waals surface area contributed by atoms with Crippen LogP contribution >= 0.6 is 0 Å². The third kappa shape index (κ3) is 3.99. The van der Waals surface area contributed by atoms with Crippen molar-refractivity contribution in [3.8, 4) is 0 Å². The Kier molecular flexibility index (Phi) is 6.39. The lowest BCUT2D eigenvalue weighted by molar-refractivity contribution is -0.123. The van der Waals surface area contributed by atoms with E-state index in [9.17, 15) is 9.59 Å². The molecule has 2 aliphatic heterocycles. The van der Waals surface area contributed by atoms with Crippen molar-refractivity contribution in [2.75, 3.05) is 0 Å². The average molecular weight is 509 g/mol. The van der Waals surface area contributed by atoms with E-state index in [1.165, 1.54) is 11.1 Å². The molecule has 0 aromatic carbocycles. The Labute approximate surface area is 221 Å². The Bertz CT molecular complexity index is 1720. The number of ether oxygens (including phenoxy) is 1. The number of fused-ring (bicyclic) bond motifs is 8. The number of aryl methyl sites for hydroxylation is 3. The van der Waals surface area contributed by atoms with E-state index in [4.69, 9.17) is 14.7 Å². The highest BCUT2D eigenvalue weighted by molar-refractivity contribution is 6.02. The Hall–Kier alpha value is -4.26. The Morgan fingerprint density at radius 1 is 1.03 bits per heavy atom. The van der Waals surface area contributed by atoms with E-state index in [1.807, 2.05) is 32.1 Å². The molecule has 8 bridgehead atoms. The van der Waals surface area contributed by atoms with Crippen molar-refractivity contribution in [3.63, 3.8) is 0 Å². The van der Waals surface area contributed by atoms with Crippen LogP contribution in [0.2, 0.25) is 0 Å². The van der Waals surface area contributed by atoms with E-state index in [-0.39, 0.29) is 18.0 Å². The monoisotopic (exact) mass is 508 g/mol. The van der Waals surface area contributed by atoms with Crippen molar-refractivity contribution >= 4 is 51.7 Å². The van der Waals surface area contributed by atoms with Gasteiger partial charge in [-0.3, -0.25) is 9.78 Å². The molecule has 1 atom stereocenters. The van der Waals surface area contributed by atoms with Gasteiger partial charge in [-0.2, -0.15) is 0 Å². The summed E-state index contributed by atoms with van der Waals surface area (Å²) < 4.78 is 4.85. The molecule has 0 aliphatic carbocycles. The highest BCUT2D eigenvalue weighted by atomic mass is 16.6. The normalized spacial score (nSPS) is 15.1. The third-order valence-corrected chi connectivity index (χ3v) is 7.93. The molecule has 194 valence electrons. The molecule has 1 unspecified atom stereocenters. The quantitative estimate of drug-likeness (QED) is 0.231. The molecule has 0 saturated heterocycles. The molecule has 0 amide bonds. The summed E-state index contributed by atoms with van der Waals surface area (Å²) in [5, 5.41) is 0. The Morgan fingerprint density at radius 2 is 1.74 bits per heavy atom. The van der Waals surface area contributed by atoms with Crippen molar-refractivity contribution in [3.05, 3.63) is 75.4 Å². The van der Waals surface area contributed by atoms with Crippen molar-refractivity contribution in [1.29, 1.82) is 0 Å². The number of allylic oxidation sites excluding steroid dienone is 2. The molecule has 0 spiro atoms. The summed E-state index contributed by atoms with van der Waals surface area (Å²) >= 11 is 0. The van der Waals surface area contributed by atoms with Crippen molar-refractivity contribution in [1.82, 2.24) is 19.9 Å². The fraction of sp³-hybridized carbons (Fsp3) is 0.290. The number of esters is 1. The molecule has 5 rings (SSSR count). The van der Waals surface area contributed by atoms with Crippen molar-refractivity contribution < 1.29 is 14.3 Å². The number of aromatic nitrogens is 4. The van der Waals surface area contributed by atoms with Crippen LogP contribution in [0.4, 0.5) is 0 Å². The second-order valence-electron chi connectivity index (χ2n) is 10.1. The van der Waals surface area contributed by atoms with Gasteiger partial charge in [0.25, 0.3) is 0 Å². The standard InChI is InChI=1S/C31H32N4O3/c1-8-20-18(6)24-11-22-15(3)10-28(32-22)29(31(37)38-14-36)30-17(5)16(4)23(35-30)12-26-21(9-2)19(7)25(34-26)13-27(20)33-24/h8,11-15,33-34H,1,9-10H2,2-7H3. The van der Waals surface area contributed by atoms with Gasteiger partial charge >= 0.3 is 12.4 Å². The van der Waals surface area contributed by atoms with Gasteiger partial charge in [0.2, 0.25) is 0 Å². The summed E-state index contributed by atoms with van der Waals surface area (Å²) in [5.74, 6) is -0.682. The Balaban J connectivity index is 2.03. The Morgan fingerprint density at radius 3 is 2.42 bits per heavy atom. The van der Waals surface area contributed by atoms with Crippen LogP contribution in [-0.4, -0.2) is 32.4 Å². The lowest BCUT2D eigenvalue weighted by Crippen LogP contribution is -2.10. The van der Waals surface area contributed by atoms with Gasteiger partial charge in [0.1, 0.15) is 5.56 Å². The summed E-state index contributed by atoms with van der Waals surface area (Å²) in [4.78, 5) is 41.2. The molecule has 2 N–H and O–H groups in total. The van der Waals surface area contributed by atoms with Gasteiger partial charge in [-0.15, -0.1) is 0 Å². The number of aromatic amines is 2. The zero-order valence-electron chi connectivity index (χ0n) is 22.7. The lowest BCUT2D eigenvalue weighted by Gasteiger charge is -2.05. The predicted molar refractivity (Wildman–Crippen MR) is 152 cm³/mol. The van der Waals surface area contributed by atoms with Crippen LogP contribution in [-0.2, 0) is 22.4 Å². The van der Waals surface area contributed by atoms with Gasteiger partial charge < -0.3 is 14.7 Å². The van der Waals surface area contributed by atoms with Gasteiger partial charge in [0.15, 0.2) is 0 Å². The summed E-state index contributed by atoms with van der Waals surface area (Å²) in [6.45, 7) is 16.5. The van der Waals surface area contributed by atoms with Gasteiger partial charge in [0, 0.05) is 39.2 Å². The maximum Gasteiger partial charge on any atom is 0.349 e. The van der Waals surface area contributed by atoms with Gasteiger partial charge in [-0.1, -0.05) is 26.5 Å². The van der Waals surface area contributed by atoms with E-state index in [1.54, 1.807) is 0 Å². The highest BCUT2D eigenvalue weighted by Gasteiger charge is 2.28. The van der Waals surface area contributed by atoms with Crippen LogP contribution in [0.1, 0.15) is 89.0 Å². The van der Waals surface area contributed by atoms with Crippen LogP contribution in [0.5, 0.6) is 0 Å². The van der Waals surface area contributed by atoms with E-state index in [2.05, 4.69) is 50.3 Å². The zero-order valence-corrected chi connectivity index (χ0v) is 22.7. The second kappa shape index (κ2) is 9.56. The zero-order chi connectivity index (χ0) is 27.3. The van der Waals surface area contributed by atoms with Crippen LogP contribution < -0.4 is 0 Å². The summed E-state index contributed by atoms with van der Waals surface area (Å²) in [6, 6.07) is 6.21. The van der Waals surface area contributed by atoms with Gasteiger partial charge in [-0.05, 0) is 86.6 Å². The van der Waals surface area contributed by atoms with Crippen LogP contribution in [0.15, 0.2) is 24.8 Å². The first-order valence-corrected chi connectivity index (χ1v) is 12.9. The maximum atomic E-state index is 13.1. The highest BCUT2D eigenvalue weighted by Crippen LogP contribution is 2.35. The molecule has 7 nitrogen and oxygen atoms in total. The number of H-pyrrole nitrogens is 2. The van der Waals surface area contributed by atoms with E-state index < -0.39 is 5.97 Å². The van der Waals surface area contributed by atoms with Crippen molar-refractivity contribution in [2.45, 2.75) is 60.3 Å². The third-order valence-electron chi connectivity index (χ3n) is 7.93. The van der Waals surface area contributed by atoms with E-state index >= 15 is 0 Å². The summed E-state index contributed by atoms with van der Waals surface area (Å²) in [7, 11) is 0. The molecule has 3 aromatic rings. The van der Waals surface area contributed by atoms with Gasteiger partial charge in [-0.25, -0.2) is 9.78 Å². The molecular weight excluding hydrogens is 476 g/mol. The molecular formula is C31H32N4O3. The fourth-order valence-electron chi connectivity index (χ4n) is 5.54. The summed E-state index contributed by atoms with van der Waals surface area (Å²) in [5.41, 5.74) is 13.1. The number of hydrogen-bond donors (Lipinski definition) is 2. The number of carbonyl (C=O) groups excluding carboxylic acids is 2. The number of rotatable bonds is 4. The number of carbonyl (C=O) groups is 2. The van der Waals surface area contributed by atoms with E-state index in [0.29, 0.717) is 17.8 Å². The second-order valence-corrected chi connectivity index (χ2v) is 10.1. The summed E-state index contributed by atoms with van der Waals surface area (Å²) in [6.07, 6.45) is 3.25. The lowest BCUT2D eigenvalue weighted by atomic mass is 9.99. The smallest absolute Gasteiger partial charge is 0.349 e. The fourth-order valence-corrected chi connectivity index (χ4v) is 5.54. The molecule has 5 heterocycles. The van der Waals surface area contributed by atoms with Gasteiger partial charge in [0.05, 0.1) is 17.1 Å². The van der Waals surface area contributed by atoms with Crippen LogP contribution in [0.25, 0.3) is 39.3 Å². The molecule has 0 fully saturated rings. The average Bonchev–Trinajstić information content (AvgIpc) is 3.56. The number of nitrogens with one attached hydrogen (secondary N) is 2. The number of hydrogen-bond acceptors (Lipinski definition) is 5. The molecule has 7 heteroatoms. The number of nitrogens with zero attached hydrogens (tertiary/aromatic N) is 2.